The second kappa shape index (κ2) is 11.4. The maximum atomic E-state index is 13.6. The predicted octanol–water partition coefficient (Wildman–Crippen LogP) is 4.03. The highest BCUT2D eigenvalue weighted by molar-refractivity contribution is 5.92. The molecule has 0 bridgehead atoms. The number of aromatic hydroxyl groups is 1. The molecule has 184 valence electrons. The highest BCUT2D eigenvalue weighted by atomic mass is 16.6. The minimum Gasteiger partial charge on any atom is -0.508 e. The Morgan fingerprint density at radius 3 is 2.21 bits per heavy atom. The Hall–Kier alpha value is -2.77. The average Bonchev–Trinajstić information content (AvgIpc) is 2.65. The molecule has 3 atom stereocenters. The zero-order valence-corrected chi connectivity index (χ0v) is 20.7. The summed E-state index contributed by atoms with van der Waals surface area (Å²) in [6.45, 7) is 10.8. The molecule has 3 unspecified atom stereocenters. The molecule has 8 heteroatoms. The Balaban J connectivity index is 2.35. The van der Waals surface area contributed by atoms with Crippen LogP contribution >= 0.6 is 0 Å². The topological polar surface area (TPSA) is 108 Å². The van der Waals surface area contributed by atoms with Gasteiger partial charge in [-0.25, -0.2) is 4.79 Å². The summed E-state index contributed by atoms with van der Waals surface area (Å²) >= 11 is 0. The molecular formula is C25H39N3O5. The maximum absolute atomic E-state index is 13.6. The van der Waals surface area contributed by atoms with Crippen LogP contribution in [0.15, 0.2) is 24.3 Å². The van der Waals surface area contributed by atoms with Crippen LogP contribution in [0.3, 0.4) is 0 Å². The van der Waals surface area contributed by atoms with Crippen LogP contribution in [0.4, 0.5) is 4.79 Å². The number of carbonyl (C=O) groups excluding carboxylic acids is 3. The van der Waals surface area contributed by atoms with E-state index in [1.807, 2.05) is 13.8 Å². The summed E-state index contributed by atoms with van der Waals surface area (Å²) in [6, 6.07) is 4.45. The molecule has 3 N–H and O–H groups in total. The Labute approximate surface area is 197 Å². The number of ether oxygens (including phenoxy) is 1. The number of alkyl carbamates (subject to hydrolysis) is 1. The van der Waals surface area contributed by atoms with Crippen molar-refractivity contribution in [3.63, 3.8) is 0 Å². The van der Waals surface area contributed by atoms with Crippen molar-refractivity contribution < 1.29 is 24.2 Å². The van der Waals surface area contributed by atoms with Gasteiger partial charge in [0.2, 0.25) is 11.8 Å². The van der Waals surface area contributed by atoms with Crippen molar-refractivity contribution in [3.8, 4) is 5.75 Å². The molecule has 1 saturated carbocycles. The highest BCUT2D eigenvalue weighted by Crippen LogP contribution is 2.34. The van der Waals surface area contributed by atoms with Gasteiger partial charge in [-0.3, -0.25) is 9.59 Å². The van der Waals surface area contributed by atoms with E-state index in [1.165, 1.54) is 12.1 Å². The van der Waals surface area contributed by atoms with Crippen molar-refractivity contribution in [1.82, 2.24) is 15.5 Å². The van der Waals surface area contributed by atoms with Gasteiger partial charge in [0.05, 0.1) is 0 Å². The summed E-state index contributed by atoms with van der Waals surface area (Å²) < 4.78 is 5.30. The fraction of sp³-hybridized carbons (Fsp3) is 0.640. The van der Waals surface area contributed by atoms with Crippen LogP contribution in [0.2, 0.25) is 0 Å². The minimum atomic E-state index is -0.874. The van der Waals surface area contributed by atoms with Crippen LogP contribution in [-0.4, -0.2) is 51.6 Å². The van der Waals surface area contributed by atoms with Gasteiger partial charge in [-0.1, -0.05) is 25.5 Å². The van der Waals surface area contributed by atoms with E-state index in [-0.39, 0.29) is 29.6 Å². The quantitative estimate of drug-likeness (QED) is 0.515. The van der Waals surface area contributed by atoms with Gasteiger partial charge in [-0.05, 0) is 78.0 Å². The van der Waals surface area contributed by atoms with E-state index < -0.39 is 23.8 Å². The molecule has 0 aliphatic heterocycles. The van der Waals surface area contributed by atoms with Gasteiger partial charge in [0.1, 0.15) is 23.4 Å². The molecule has 0 radical (unpaired) electrons. The van der Waals surface area contributed by atoms with E-state index in [9.17, 15) is 19.5 Å². The molecule has 2 rings (SSSR count). The van der Waals surface area contributed by atoms with Gasteiger partial charge in [0.25, 0.3) is 0 Å². The van der Waals surface area contributed by atoms with Crippen LogP contribution in [0.1, 0.15) is 85.3 Å². The van der Waals surface area contributed by atoms with Crippen LogP contribution in [0.5, 0.6) is 5.75 Å². The molecule has 0 saturated heterocycles. The molecule has 0 aromatic heterocycles. The van der Waals surface area contributed by atoms with Crippen LogP contribution in [0.25, 0.3) is 0 Å². The predicted molar refractivity (Wildman–Crippen MR) is 127 cm³/mol. The molecule has 1 aromatic carbocycles. The number of phenols is 1. The molecule has 3 amide bonds. The van der Waals surface area contributed by atoms with E-state index in [1.54, 1.807) is 44.7 Å². The number of rotatable bonds is 9. The Morgan fingerprint density at radius 2 is 1.73 bits per heavy atom. The van der Waals surface area contributed by atoms with E-state index in [0.29, 0.717) is 5.56 Å². The third kappa shape index (κ3) is 7.65. The molecule has 33 heavy (non-hydrogen) atoms. The zero-order valence-electron chi connectivity index (χ0n) is 20.7. The first-order valence-corrected chi connectivity index (χ1v) is 11.8. The third-order valence-electron chi connectivity index (χ3n) is 5.67. The van der Waals surface area contributed by atoms with Crippen molar-refractivity contribution in [1.29, 1.82) is 0 Å². The van der Waals surface area contributed by atoms with Crippen molar-refractivity contribution in [3.05, 3.63) is 29.8 Å². The van der Waals surface area contributed by atoms with Gasteiger partial charge >= 0.3 is 6.09 Å². The smallest absolute Gasteiger partial charge is 0.408 e. The van der Waals surface area contributed by atoms with E-state index in [4.69, 9.17) is 4.74 Å². The summed E-state index contributed by atoms with van der Waals surface area (Å²) in [4.78, 5) is 40.9. The first-order valence-electron chi connectivity index (χ1n) is 11.8. The molecule has 0 spiro atoms. The third-order valence-corrected chi connectivity index (χ3v) is 5.67. The maximum Gasteiger partial charge on any atom is 0.408 e. The van der Waals surface area contributed by atoms with E-state index >= 15 is 0 Å². The van der Waals surface area contributed by atoms with Crippen molar-refractivity contribution in [2.24, 2.45) is 0 Å². The molecule has 1 fully saturated rings. The van der Waals surface area contributed by atoms with Gasteiger partial charge in [-0.2, -0.15) is 0 Å². The Kier molecular flexibility index (Phi) is 9.14. The van der Waals surface area contributed by atoms with E-state index in [2.05, 4.69) is 10.6 Å². The number of carbonyl (C=O) groups is 3. The molecule has 1 aliphatic rings. The van der Waals surface area contributed by atoms with Crippen molar-refractivity contribution in [2.75, 3.05) is 0 Å². The van der Waals surface area contributed by atoms with Crippen LogP contribution in [0, 0.1) is 0 Å². The largest absolute Gasteiger partial charge is 0.508 e. The fourth-order valence-electron chi connectivity index (χ4n) is 3.87. The highest BCUT2D eigenvalue weighted by Gasteiger charge is 2.41. The van der Waals surface area contributed by atoms with Crippen molar-refractivity contribution >= 4 is 17.9 Å². The van der Waals surface area contributed by atoms with Gasteiger partial charge in [0.15, 0.2) is 0 Å². The van der Waals surface area contributed by atoms with Gasteiger partial charge in [0, 0.05) is 12.1 Å². The lowest BCUT2D eigenvalue weighted by molar-refractivity contribution is -0.147. The lowest BCUT2D eigenvalue weighted by Crippen LogP contribution is -2.57. The number of nitrogens with one attached hydrogen (secondary N) is 2. The molecular weight excluding hydrogens is 422 g/mol. The average molecular weight is 462 g/mol. The number of amides is 3. The van der Waals surface area contributed by atoms with Crippen molar-refractivity contribution in [2.45, 2.75) is 103 Å². The fourth-order valence-corrected chi connectivity index (χ4v) is 3.87. The summed E-state index contributed by atoms with van der Waals surface area (Å²) in [7, 11) is 0. The summed E-state index contributed by atoms with van der Waals surface area (Å²) in [5.74, 6) is -0.535. The number of hydrogen-bond acceptors (Lipinski definition) is 5. The van der Waals surface area contributed by atoms with E-state index in [0.717, 1.165) is 32.1 Å². The normalized spacial score (nSPS) is 16.7. The number of nitrogens with zero attached hydrogens (tertiary/aromatic N) is 1. The lowest BCUT2D eigenvalue weighted by Gasteiger charge is -2.43. The Bertz CT molecular complexity index is 814. The molecule has 1 aliphatic carbocycles. The zero-order chi connectivity index (χ0) is 24.8. The number of benzene rings is 1. The van der Waals surface area contributed by atoms with Gasteiger partial charge < -0.3 is 25.4 Å². The Morgan fingerprint density at radius 1 is 1.12 bits per heavy atom. The standard InChI is InChI=1S/C25H39N3O5/c1-7-9-16(2)26-22(30)21(18-12-14-20(29)15-13-18)28(19-10-8-11-19)23(31)17(3)27-24(32)33-25(4,5)6/h12-17,19,21,29H,7-11H2,1-6H3,(H,26,30)(H,27,32). The van der Waals surface area contributed by atoms with Crippen LogP contribution in [-0.2, 0) is 14.3 Å². The second-order valence-electron chi connectivity index (χ2n) is 9.89. The first-order chi connectivity index (χ1) is 15.4. The molecule has 1 aromatic rings. The second-order valence-corrected chi connectivity index (χ2v) is 9.89. The summed E-state index contributed by atoms with van der Waals surface area (Å²) in [5.41, 5.74) is -0.0802. The number of hydrogen-bond donors (Lipinski definition) is 3. The SMILES string of the molecule is CCCC(C)NC(=O)C(c1ccc(O)cc1)N(C(=O)C(C)NC(=O)OC(C)(C)C)C1CCC1. The van der Waals surface area contributed by atoms with Crippen LogP contribution < -0.4 is 10.6 Å². The number of phenolic OH excluding ortho intramolecular Hbond substituents is 1. The van der Waals surface area contributed by atoms with Gasteiger partial charge in [-0.15, -0.1) is 0 Å². The lowest BCUT2D eigenvalue weighted by atomic mass is 9.88. The molecule has 8 nitrogen and oxygen atoms in total. The molecule has 0 heterocycles. The first kappa shape index (κ1) is 26.5. The monoisotopic (exact) mass is 461 g/mol. The summed E-state index contributed by atoms with van der Waals surface area (Å²) in [5, 5.41) is 15.4. The summed E-state index contributed by atoms with van der Waals surface area (Å²) in [6.07, 6.45) is 3.61. The minimum absolute atomic E-state index is 0.0437.